The largest absolute Gasteiger partial charge is 0.490 e. The van der Waals surface area contributed by atoms with Crippen LogP contribution in [-0.4, -0.2) is 90.0 Å². The minimum absolute atomic E-state index is 0.0354. The lowest BCUT2D eigenvalue weighted by Crippen LogP contribution is -2.70. The number of morpholine rings is 1. The first kappa shape index (κ1) is 28.7. The summed E-state index contributed by atoms with van der Waals surface area (Å²) in [6.45, 7) is 6.83. The second-order valence-corrected chi connectivity index (χ2v) is 11.1. The molecule has 1 saturated carbocycles. The molecule has 2 aliphatic heterocycles. The van der Waals surface area contributed by atoms with Crippen LogP contribution in [0, 0.1) is 12.8 Å². The normalized spacial score (nSPS) is 22.0. The fourth-order valence-electron chi connectivity index (χ4n) is 4.78. The summed E-state index contributed by atoms with van der Waals surface area (Å²) in [5.41, 5.74) is 1.84. The molecule has 2 N–H and O–H groups in total. The van der Waals surface area contributed by atoms with Gasteiger partial charge in [0, 0.05) is 41.8 Å². The third-order valence-corrected chi connectivity index (χ3v) is 7.30. The third-order valence-electron chi connectivity index (χ3n) is 6.84. The minimum Gasteiger partial charge on any atom is -0.475 e. The first-order valence-corrected chi connectivity index (χ1v) is 13.0. The first-order chi connectivity index (χ1) is 17.7. The SMILES string of the molecule is Cc1cc(Br)cc2c(NCCCC3CC3(F)F)nc(N3CC4(CN(C)CCO4)C3)nc12.O=C(O)C(F)(F)F. The summed E-state index contributed by atoms with van der Waals surface area (Å²) in [6.07, 6.45) is -3.81. The highest BCUT2D eigenvalue weighted by Gasteiger charge is 2.55. The molecule has 1 aromatic carbocycles. The van der Waals surface area contributed by atoms with Gasteiger partial charge in [0.1, 0.15) is 11.4 Å². The predicted octanol–water partition coefficient (Wildman–Crippen LogP) is 4.70. The number of benzene rings is 1. The highest BCUT2D eigenvalue weighted by Crippen LogP contribution is 2.51. The van der Waals surface area contributed by atoms with Crippen molar-refractivity contribution in [3.63, 3.8) is 0 Å². The van der Waals surface area contributed by atoms with Crippen LogP contribution in [0.5, 0.6) is 0 Å². The van der Waals surface area contributed by atoms with Crippen molar-refractivity contribution in [3.05, 3.63) is 22.2 Å². The molecule has 2 aromatic rings. The fraction of sp³-hybridized carbons (Fsp3) is 0.625. The molecule has 3 heterocycles. The summed E-state index contributed by atoms with van der Waals surface area (Å²) in [5.74, 6) is -4.20. The molecule has 210 valence electrons. The quantitative estimate of drug-likeness (QED) is 0.360. The molecule has 5 rings (SSSR count). The first-order valence-electron chi connectivity index (χ1n) is 12.2. The summed E-state index contributed by atoms with van der Waals surface area (Å²) < 4.78 is 65.1. The Hall–Kier alpha value is -2.32. The van der Waals surface area contributed by atoms with Crippen molar-refractivity contribution in [2.45, 2.75) is 43.9 Å². The van der Waals surface area contributed by atoms with E-state index in [1.165, 1.54) is 0 Å². The lowest BCUT2D eigenvalue weighted by atomic mass is 9.92. The van der Waals surface area contributed by atoms with Gasteiger partial charge in [-0.1, -0.05) is 15.9 Å². The number of nitrogens with zero attached hydrogens (tertiary/aromatic N) is 4. The number of halogens is 6. The van der Waals surface area contributed by atoms with Gasteiger partial charge in [0.05, 0.1) is 25.2 Å². The summed E-state index contributed by atoms with van der Waals surface area (Å²) >= 11 is 3.57. The predicted molar refractivity (Wildman–Crippen MR) is 135 cm³/mol. The van der Waals surface area contributed by atoms with Gasteiger partial charge in [-0.15, -0.1) is 0 Å². The van der Waals surface area contributed by atoms with Crippen molar-refractivity contribution in [3.8, 4) is 0 Å². The molecule has 1 atom stereocenters. The standard InChI is InChI=1S/C22H28BrF2N5O.C2HF3O2/c1-14-8-16(23)9-17-18(14)27-20(30-12-21(13-30)11-29(2)6-7-31-21)28-19(17)26-5-3-4-15-10-22(15,24)25;3-2(4,5)1(6)7/h8-9,15H,3-7,10-13H2,1-2H3,(H,26,27,28);(H,6,7). The van der Waals surface area contributed by atoms with E-state index in [1.54, 1.807) is 0 Å². The van der Waals surface area contributed by atoms with E-state index >= 15 is 0 Å². The number of carboxylic acids is 1. The van der Waals surface area contributed by atoms with Gasteiger partial charge in [-0.25, -0.2) is 18.6 Å². The van der Waals surface area contributed by atoms with Gasteiger partial charge in [0.2, 0.25) is 5.95 Å². The van der Waals surface area contributed by atoms with Gasteiger partial charge in [0.25, 0.3) is 5.92 Å². The van der Waals surface area contributed by atoms with Crippen LogP contribution in [0.2, 0.25) is 0 Å². The number of carbonyl (C=O) groups is 1. The number of anilines is 2. The average Bonchev–Trinajstić information content (AvgIpc) is 3.41. The van der Waals surface area contributed by atoms with E-state index < -0.39 is 24.0 Å². The molecule has 3 aliphatic rings. The number of alkyl halides is 5. The summed E-state index contributed by atoms with van der Waals surface area (Å²) in [7, 11) is 2.13. The molecule has 14 heteroatoms. The fourth-order valence-corrected chi connectivity index (χ4v) is 5.35. The van der Waals surface area contributed by atoms with Crippen LogP contribution in [-0.2, 0) is 9.53 Å². The molecule has 1 spiro atoms. The van der Waals surface area contributed by atoms with Gasteiger partial charge in [-0.05, 0) is 44.5 Å². The topological polar surface area (TPSA) is 90.8 Å². The number of aromatic nitrogens is 2. The number of rotatable bonds is 6. The Bertz CT molecular complexity index is 1190. The molecular formula is C24H29BrF5N5O3. The number of fused-ring (bicyclic) bond motifs is 1. The van der Waals surface area contributed by atoms with Crippen LogP contribution in [0.15, 0.2) is 16.6 Å². The number of hydrogen-bond acceptors (Lipinski definition) is 7. The van der Waals surface area contributed by atoms with Gasteiger partial charge >= 0.3 is 12.1 Å². The van der Waals surface area contributed by atoms with Crippen molar-refractivity contribution in [2.75, 3.05) is 56.6 Å². The lowest BCUT2D eigenvalue weighted by Gasteiger charge is -2.53. The van der Waals surface area contributed by atoms with Crippen LogP contribution < -0.4 is 10.2 Å². The molecule has 2 saturated heterocycles. The number of likely N-dealkylation sites (N-methyl/N-ethyl adjacent to an activating group) is 1. The molecule has 38 heavy (non-hydrogen) atoms. The lowest BCUT2D eigenvalue weighted by molar-refractivity contribution is -0.192. The van der Waals surface area contributed by atoms with E-state index in [0.29, 0.717) is 25.3 Å². The van der Waals surface area contributed by atoms with Crippen molar-refractivity contribution < 1.29 is 36.6 Å². The summed E-state index contributed by atoms with van der Waals surface area (Å²) in [5, 5.41) is 11.5. The zero-order valence-corrected chi connectivity index (χ0v) is 22.5. The third kappa shape index (κ3) is 6.63. The Morgan fingerprint density at radius 3 is 2.50 bits per heavy atom. The zero-order chi connectivity index (χ0) is 27.9. The van der Waals surface area contributed by atoms with E-state index in [4.69, 9.17) is 24.6 Å². The molecule has 3 fully saturated rings. The van der Waals surface area contributed by atoms with Gasteiger partial charge < -0.3 is 25.0 Å². The van der Waals surface area contributed by atoms with Crippen LogP contribution in [0.1, 0.15) is 24.8 Å². The molecular weight excluding hydrogens is 581 g/mol. The van der Waals surface area contributed by atoms with Crippen molar-refractivity contribution in [1.82, 2.24) is 14.9 Å². The van der Waals surface area contributed by atoms with Crippen molar-refractivity contribution in [1.29, 1.82) is 0 Å². The highest BCUT2D eigenvalue weighted by atomic mass is 79.9. The van der Waals surface area contributed by atoms with Gasteiger partial charge in [-0.3, -0.25) is 0 Å². The molecule has 8 nitrogen and oxygen atoms in total. The van der Waals surface area contributed by atoms with Crippen molar-refractivity contribution >= 4 is 44.6 Å². The number of nitrogens with one attached hydrogen (secondary N) is 1. The Balaban J connectivity index is 0.000000426. The van der Waals surface area contributed by atoms with Gasteiger partial charge in [0.15, 0.2) is 0 Å². The van der Waals surface area contributed by atoms with Crippen LogP contribution in [0.3, 0.4) is 0 Å². The maximum absolute atomic E-state index is 13.1. The van der Waals surface area contributed by atoms with E-state index in [0.717, 1.165) is 59.5 Å². The average molecular weight is 610 g/mol. The Morgan fingerprint density at radius 1 is 1.26 bits per heavy atom. The van der Waals surface area contributed by atoms with Crippen LogP contribution in [0.4, 0.5) is 33.7 Å². The minimum atomic E-state index is -5.08. The zero-order valence-electron chi connectivity index (χ0n) is 20.9. The second kappa shape index (κ2) is 10.7. The Kier molecular flexibility index (Phi) is 8.06. The van der Waals surface area contributed by atoms with E-state index in [9.17, 15) is 22.0 Å². The van der Waals surface area contributed by atoms with E-state index in [-0.39, 0.29) is 12.0 Å². The highest BCUT2D eigenvalue weighted by molar-refractivity contribution is 9.10. The molecule has 0 amide bonds. The second-order valence-electron chi connectivity index (χ2n) is 10.2. The Morgan fingerprint density at radius 2 is 1.92 bits per heavy atom. The number of aryl methyl sites for hydroxylation is 1. The van der Waals surface area contributed by atoms with Crippen LogP contribution in [0.25, 0.3) is 10.9 Å². The monoisotopic (exact) mass is 609 g/mol. The molecule has 1 unspecified atom stereocenters. The van der Waals surface area contributed by atoms with E-state index in [1.807, 2.05) is 13.0 Å². The van der Waals surface area contributed by atoms with Crippen LogP contribution >= 0.6 is 15.9 Å². The number of carboxylic acid groups (broad SMARTS) is 1. The number of hydrogen-bond donors (Lipinski definition) is 2. The molecule has 0 radical (unpaired) electrons. The van der Waals surface area contributed by atoms with Gasteiger partial charge in [-0.2, -0.15) is 18.2 Å². The molecule has 1 aromatic heterocycles. The molecule has 1 aliphatic carbocycles. The smallest absolute Gasteiger partial charge is 0.475 e. The number of ether oxygens (including phenoxy) is 1. The maximum atomic E-state index is 13.1. The number of aliphatic carboxylic acids is 1. The van der Waals surface area contributed by atoms with Crippen molar-refractivity contribution in [2.24, 2.45) is 5.92 Å². The maximum Gasteiger partial charge on any atom is 0.490 e. The summed E-state index contributed by atoms with van der Waals surface area (Å²) in [6, 6.07) is 4.06. The van der Waals surface area contributed by atoms with E-state index in [2.05, 4.69) is 44.2 Å². The summed E-state index contributed by atoms with van der Waals surface area (Å²) in [4.78, 5) is 23.1. The Labute approximate surface area is 224 Å². The molecule has 0 bridgehead atoms.